The van der Waals surface area contributed by atoms with Crippen LogP contribution in [0.5, 0.6) is 0 Å². The van der Waals surface area contributed by atoms with Crippen LogP contribution in [-0.2, 0) is 4.43 Å². The van der Waals surface area contributed by atoms with Crippen LogP contribution in [0.2, 0.25) is 32.7 Å². The van der Waals surface area contributed by atoms with Crippen molar-refractivity contribution in [1.82, 2.24) is 0 Å². The molecule has 1 radical (unpaired) electrons. The molecule has 0 aliphatic heterocycles. The number of allylic oxidation sites excluding steroid dienone is 3. The van der Waals surface area contributed by atoms with E-state index in [0.717, 1.165) is 12.2 Å². The summed E-state index contributed by atoms with van der Waals surface area (Å²) in [6.07, 6.45) is 5.73. The van der Waals surface area contributed by atoms with Crippen molar-refractivity contribution in [1.29, 1.82) is 0 Å². The first-order valence-corrected chi connectivity index (χ1v) is 16.0. The fourth-order valence-electron chi connectivity index (χ4n) is 4.49. The topological polar surface area (TPSA) is 9.23 Å². The average Bonchev–Trinajstić information content (AvgIpc) is 3.16. The molecule has 135 valence electrons. The third-order valence-electron chi connectivity index (χ3n) is 5.65. The fourth-order valence-corrected chi connectivity index (χ4v) is 8.91. The van der Waals surface area contributed by atoms with E-state index in [1.807, 2.05) is 0 Å². The summed E-state index contributed by atoms with van der Waals surface area (Å²) in [6, 6.07) is 18.0. The summed E-state index contributed by atoms with van der Waals surface area (Å²) in [5.41, 5.74) is 6.43. The molecular formula is C23H28LiOSi2. The molecule has 0 bridgehead atoms. The van der Waals surface area contributed by atoms with Crippen molar-refractivity contribution < 1.29 is 4.43 Å². The Labute approximate surface area is 177 Å². The molecule has 2 aliphatic carbocycles. The van der Waals surface area contributed by atoms with E-state index in [1.165, 1.54) is 22.3 Å². The van der Waals surface area contributed by atoms with Crippen molar-refractivity contribution in [2.24, 2.45) is 0 Å². The first-order valence-electron chi connectivity index (χ1n) is 9.56. The molecule has 4 rings (SSSR count). The molecule has 0 saturated heterocycles. The molecule has 0 unspecified atom stereocenters. The number of fused-ring (bicyclic) bond motifs is 3. The molecule has 0 amide bonds. The summed E-state index contributed by atoms with van der Waals surface area (Å²) >= 11 is 0. The predicted molar refractivity (Wildman–Crippen MR) is 122 cm³/mol. The van der Waals surface area contributed by atoms with Crippen molar-refractivity contribution in [3.05, 3.63) is 82.8 Å². The molecule has 0 aromatic heterocycles. The first kappa shape index (κ1) is 20.5. The number of hydrogen-bond donors (Lipinski definition) is 0. The second-order valence-electron chi connectivity index (χ2n) is 9.02. The predicted octanol–water partition coefficient (Wildman–Crippen LogP) is 6.27. The third-order valence-corrected chi connectivity index (χ3v) is 10.6. The Bertz CT molecular complexity index is 876. The molecule has 0 atom stereocenters. The molecule has 0 fully saturated rings. The van der Waals surface area contributed by atoms with Crippen molar-refractivity contribution in [3.8, 4) is 11.1 Å². The van der Waals surface area contributed by atoms with E-state index < -0.39 is 16.4 Å². The standard InChI is InChI=1S/C23H28OSi2.Li/c1-25(2,3)24-17-14-15-18(16-17)26(4,5)23-21-12-8-6-10-19(21)20-11-7-9-13-22(20)23;/h6-14,16,23H,15H2,1-5H3;. The van der Waals surface area contributed by atoms with Gasteiger partial charge in [-0.05, 0) is 60.5 Å². The molecule has 4 heteroatoms. The van der Waals surface area contributed by atoms with E-state index in [4.69, 9.17) is 4.43 Å². The normalized spacial score (nSPS) is 16.2. The molecule has 0 saturated carbocycles. The largest absolute Gasteiger partial charge is 0.545 e. The van der Waals surface area contributed by atoms with Crippen LogP contribution in [0.3, 0.4) is 0 Å². The summed E-state index contributed by atoms with van der Waals surface area (Å²) in [7, 11) is -3.27. The van der Waals surface area contributed by atoms with Crippen molar-refractivity contribution >= 4 is 35.3 Å². The zero-order chi connectivity index (χ0) is 18.5. The SMILES string of the molecule is C[Si](C)(C)OC1=CCC([Si](C)(C)C2c3ccccc3-c3ccccc32)=C1.[Li]. The summed E-state index contributed by atoms with van der Waals surface area (Å²) in [5.74, 6) is 1.11. The van der Waals surface area contributed by atoms with E-state index in [9.17, 15) is 0 Å². The number of hydrogen-bond acceptors (Lipinski definition) is 1. The van der Waals surface area contributed by atoms with Crippen LogP contribution in [-0.4, -0.2) is 35.3 Å². The van der Waals surface area contributed by atoms with Gasteiger partial charge in [-0.3, -0.25) is 0 Å². The molecule has 0 N–H and O–H groups in total. The third kappa shape index (κ3) is 3.71. The van der Waals surface area contributed by atoms with Crippen LogP contribution in [0.4, 0.5) is 0 Å². The summed E-state index contributed by atoms with van der Waals surface area (Å²) < 4.78 is 6.27. The van der Waals surface area contributed by atoms with Crippen LogP contribution in [0.15, 0.2) is 71.6 Å². The Morgan fingerprint density at radius 2 is 1.33 bits per heavy atom. The zero-order valence-corrected chi connectivity index (χ0v) is 19.5. The molecule has 2 aliphatic rings. The maximum atomic E-state index is 6.27. The summed E-state index contributed by atoms with van der Waals surface area (Å²) in [5, 5.41) is 1.61. The quantitative estimate of drug-likeness (QED) is 0.565. The van der Waals surface area contributed by atoms with Gasteiger partial charge in [0.15, 0.2) is 0 Å². The Kier molecular flexibility index (Phi) is 5.53. The maximum Gasteiger partial charge on any atom is 0.242 e. The van der Waals surface area contributed by atoms with E-state index >= 15 is 0 Å². The summed E-state index contributed by atoms with van der Waals surface area (Å²) in [6.45, 7) is 11.8. The monoisotopic (exact) mass is 383 g/mol. The van der Waals surface area contributed by atoms with Crippen LogP contribution in [0.25, 0.3) is 11.1 Å². The van der Waals surface area contributed by atoms with E-state index in [-0.39, 0.29) is 18.9 Å². The van der Waals surface area contributed by atoms with Gasteiger partial charge in [0.05, 0.1) is 13.8 Å². The molecule has 27 heavy (non-hydrogen) atoms. The minimum atomic E-state index is -1.71. The second-order valence-corrected chi connectivity index (χ2v) is 18.1. The Hall–Kier alpha value is -1.25. The van der Waals surface area contributed by atoms with Crippen molar-refractivity contribution in [3.63, 3.8) is 0 Å². The van der Waals surface area contributed by atoms with Gasteiger partial charge < -0.3 is 4.43 Å². The molecular weight excluding hydrogens is 355 g/mol. The average molecular weight is 384 g/mol. The van der Waals surface area contributed by atoms with Crippen LogP contribution in [0, 0.1) is 0 Å². The number of rotatable bonds is 4. The van der Waals surface area contributed by atoms with E-state index in [0.29, 0.717) is 5.54 Å². The summed E-state index contributed by atoms with van der Waals surface area (Å²) in [4.78, 5) is 0. The molecule has 0 spiro atoms. The van der Waals surface area contributed by atoms with Crippen LogP contribution >= 0.6 is 0 Å². The van der Waals surface area contributed by atoms with Gasteiger partial charge in [0.2, 0.25) is 8.32 Å². The van der Waals surface area contributed by atoms with Gasteiger partial charge in [0, 0.05) is 24.4 Å². The van der Waals surface area contributed by atoms with Gasteiger partial charge in [-0.1, -0.05) is 66.8 Å². The van der Waals surface area contributed by atoms with Gasteiger partial charge in [0.1, 0.15) is 0 Å². The van der Waals surface area contributed by atoms with E-state index in [2.05, 4.69) is 93.4 Å². The fraction of sp³-hybridized carbons (Fsp3) is 0.304. The Morgan fingerprint density at radius 1 is 0.815 bits per heavy atom. The van der Waals surface area contributed by atoms with Gasteiger partial charge in [-0.15, -0.1) is 0 Å². The molecule has 2 aromatic carbocycles. The van der Waals surface area contributed by atoms with Crippen LogP contribution in [0.1, 0.15) is 23.1 Å². The van der Waals surface area contributed by atoms with Gasteiger partial charge in [0.25, 0.3) is 0 Å². The Morgan fingerprint density at radius 3 is 1.85 bits per heavy atom. The van der Waals surface area contributed by atoms with Crippen molar-refractivity contribution in [2.45, 2.75) is 44.7 Å². The minimum Gasteiger partial charge on any atom is -0.545 e. The maximum absolute atomic E-state index is 6.27. The zero-order valence-electron chi connectivity index (χ0n) is 17.5. The number of benzene rings is 2. The van der Waals surface area contributed by atoms with Crippen molar-refractivity contribution in [2.75, 3.05) is 0 Å². The van der Waals surface area contributed by atoms with Crippen LogP contribution < -0.4 is 0 Å². The molecule has 0 heterocycles. The van der Waals surface area contributed by atoms with Gasteiger partial charge >= 0.3 is 0 Å². The smallest absolute Gasteiger partial charge is 0.242 e. The molecule has 2 aromatic rings. The molecule has 1 nitrogen and oxygen atoms in total. The Balaban J connectivity index is 0.00000210. The first-order chi connectivity index (χ1) is 12.3. The minimum absolute atomic E-state index is 0. The van der Waals surface area contributed by atoms with Gasteiger partial charge in [-0.25, -0.2) is 0 Å². The van der Waals surface area contributed by atoms with Gasteiger partial charge in [-0.2, -0.15) is 0 Å². The van der Waals surface area contributed by atoms with E-state index in [1.54, 1.807) is 5.20 Å². The second kappa shape index (κ2) is 7.29.